The van der Waals surface area contributed by atoms with Gasteiger partial charge in [0.25, 0.3) is 17.7 Å². The Morgan fingerprint density at radius 1 is 0.581 bits per heavy atom. The molecule has 0 spiro atoms. The van der Waals surface area contributed by atoms with Crippen molar-refractivity contribution in [2.24, 2.45) is 0 Å². The van der Waals surface area contributed by atoms with Gasteiger partial charge in [0, 0.05) is 94.8 Å². The van der Waals surface area contributed by atoms with Crippen molar-refractivity contribution in [2.45, 2.75) is 0 Å². The summed E-state index contributed by atoms with van der Waals surface area (Å²) in [5.74, 6) is -2.30. The molecular formula is C27H33FeN6O9. The summed E-state index contributed by atoms with van der Waals surface area (Å²) in [5, 5.41) is 41.1. The van der Waals surface area contributed by atoms with E-state index in [4.69, 9.17) is 14.2 Å². The summed E-state index contributed by atoms with van der Waals surface area (Å²) in [4.78, 5) is 44.9. The van der Waals surface area contributed by atoms with Gasteiger partial charge in [0.15, 0.2) is 0 Å². The molecule has 16 heteroatoms. The molecule has 3 amide bonds. The Kier molecular flexibility index (Phi) is 20.9. The zero-order chi connectivity index (χ0) is 31.2. The number of hydrogen-bond donors (Lipinski definition) is 3. The maximum absolute atomic E-state index is 11.3. The van der Waals surface area contributed by atoms with Gasteiger partial charge in [-0.2, -0.15) is 0 Å². The van der Waals surface area contributed by atoms with Gasteiger partial charge in [-0.3, -0.25) is 29.3 Å². The Bertz CT molecular complexity index is 1100. The molecule has 3 aromatic heterocycles. The van der Waals surface area contributed by atoms with Gasteiger partial charge in [0.2, 0.25) is 0 Å². The van der Waals surface area contributed by atoms with E-state index in [9.17, 15) is 29.7 Å². The van der Waals surface area contributed by atoms with Gasteiger partial charge in [-0.15, -0.1) is 0 Å². The van der Waals surface area contributed by atoms with Gasteiger partial charge in [0.05, 0.1) is 19.8 Å². The van der Waals surface area contributed by atoms with Crippen molar-refractivity contribution in [1.82, 2.24) is 30.9 Å². The minimum Gasteiger partial charge on any atom is -0.871 e. The average Bonchev–Trinajstić information content (AvgIpc) is 2.99. The van der Waals surface area contributed by atoms with Crippen molar-refractivity contribution in [3.63, 3.8) is 0 Å². The van der Waals surface area contributed by atoms with Crippen molar-refractivity contribution >= 4 is 17.7 Å². The fourth-order valence-electron chi connectivity index (χ4n) is 2.79. The molecule has 0 aliphatic heterocycles. The van der Waals surface area contributed by atoms with E-state index < -0.39 is 17.7 Å². The molecule has 0 bridgehead atoms. The van der Waals surface area contributed by atoms with E-state index in [2.05, 4.69) is 30.9 Å². The van der Waals surface area contributed by atoms with Crippen LogP contribution in [0.25, 0.3) is 0 Å². The van der Waals surface area contributed by atoms with Crippen LogP contribution >= 0.6 is 0 Å². The Morgan fingerprint density at radius 3 is 1.05 bits per heavy atom. The van der Waals surface area contributed by atoms with Crippen molar-refractivity contribution in [1.29, 1.82) is 0 Å². The van der Waals surface area contributed by atoms with Crippen LogP contribution in [0.5, 0.6) is 17.2 Å². The van der Waals surface area contributed by atoms with Crippen LogP contribution in [0.4, 0.5) is 0 Å². The molecule has 233 valence electrons. The Labute approximate surface area is 259 Å². The second kappa shape index (κ2) is 23.2. The van der Waals surface area contributed by atoms with E-state index in [0.717, 1.165) is 18.6 Å². The predicted molar refractivity (Wildman–Crippen MR) is 144 cm³/mol. The first-order chi connectivity index (χ1) is 20.3. The quantitative estimate of drug-likeness (QED) is 0.153. The maximum Gasteiger partial charge on any atom is 3.00 e. The standard InChI is InChI=1S/3C9H12N2O3.Fe/c3*1-14-5-4-11-9(13)7-2-3-10-6-8(7)12;/h3*2-3,6,12H,4-5H2,1H3,(H,11,13);/q;;;+3/p-3. The van der Waals surface area contributed by atoms with Gasteiger partial charge in [-0.1, -0.05) is 17.2 Å². The summed E-state index contributed by atoms with van der Waals surface area (Å²) in [6.45, 7) is 2.42. The summed E-state index contributed by atoms with van der Waals surface area (Å²) in [6, 6.07) is 4.18. The third-order valence-electron chi connectivity index (χ3n) is 4.86. The molecule has 0 saturated heterocycles. The van der Waals surface area contributed by atoms with Gasteiger partial charge >= 0.3 is 17.1 Å². The van der Waals surface area contributed by atoms with Gasteiger partial charge < -0.3 is 45.5 Å². The number of pyridine rings is 3. The number of carbonyl (C=O) groups excluding carboxylic acids is 3. The van der Waals surface area contributed by atoms with Crippen LogP contribution in [0.1, 0.15) is 31.1 Å². The number of nitrogens with one attached hydrogen (secondary N) is 3. The molecule has 0 atom stereocenters. The van der Waals surface area contributed by atoms with E-state index in [1.807, 2.05) is 0 Å². The molecule has 0 saturated carbocycles. The summed E-state index contributed by atoms with van der Waals surface area (Å²) in [5.41, 5.74) is 0.323. The van der Waals surface area contributed by atoms with Crippen molar-refractivity contribution in [3.05, 3.63) is 72.1 Å². The fraction of sp³-hybridized carbons (Fsp3) is 0.333. The van der Waals surface area contributed by atoms with Crippen molar-refractivity contribution in [2.75, 3.05) is 60.8 Å². The second-order valence-corrected chi connectivity index (χ2v) is 7.86. The number of aromatic nitrogens is 3. The minimum atomic E-state index is -0.394. The van der Waals surface area contributed by atoms with E-state index >= 15 is 0 Å². The van der Waals surface area contributed by atoms with Crippen LogP contribution in [0.15, 0.2) is 55.4 Å². The third-order valence-corrected chi connectivity index (χ3v) is 4.86. The van der Waals surface area contributed by atoms with Gasteiger partial charge in [-0.05, 0) is 18.2 Å². The number of ether oxygens (including phenoxy) is 3. The number of hydrogen-bond acceptors (Lipinski definition) is 12. The number of amides is 3. The maximum atomic E-state index is 11.3. The summed E-state index contributed by atoms with van der Waals surface area (Å²) in [7, 11) is 4.62. The largest absolute Gasteiger partial charge is 3.00 e. The smallest absolute Gasteiger partial charge is 0.871 e. The number of carbonyl (C=O) groups is 3. The fourth-order valence-corrected chi connectivity index (χ4v) is 2.79. The number of nitrogens with zero attached hydrogens (tertiary/aromatic N) is 3. The first kappa shape index (κ1) is 38.7. The molecule has 0 aliphatic carbocycles. The number of rotatable bonds is 12. The van der Waals surface area contributed by atoms with Crippen molar-refractivity contribution in [3.8, 4) is 17.2 Å². The SMILES string of the molecule is COCCNC(=O)c1ccncc1[O-].COCCNC(=O)c1ccncc1[O-].COCCNC(=O)c1ccncc1[O-].[Fe+3]. The number of methoxy groups -OCH3 is 3. The van der Waals surface area contributed by atoms with E-state index in [1.54, 1.807) is 0 Å². The van der Waals surface area contributed by atoms with Crippen LogP contribution in [0.3, 0.4) is 0 Å². The molecular weight excluding hydrogens is 608 g/mol. The Balaban J connectivity index is 0.000000608. The summed E-state index contributed by atoms with van der Waals surface area (Å²) in [6.07, 6.45) is 7.58. The van der Waals surface area contributed by atoms with Crippen LogP contribution in [-0.4, -0.2) is 93.5 Å². The first-order valence-corrected chi connectivity index (χ1v) is 12.4. The molecule has 1 radical (unpaired) electrons. The Morgan fingerprint density at radius 2 is 0.837 bits per heavy atom. The summed E-state index contributed by atoms with van der Waals surface area (Å²) < 4.78 is 14.3. The molecule has 3 rings (SSSR count). The molecule has 0 fully saturated rings. The first-order valence-electron chi connectivity index (χ1n) is 12.4. The Hall–Kier alpha value is -4.34. The molecule has 0 unspecified atom stereocenters. The molecule has 0 aliphatic rings. The molecule has 0 aromatic carbocycles. The molecule has 43 heavy (non-hydrogen) atoms. The second-order valence-electron chi connectivity index (χ2n) is 7.86. The molecule has 3 N–H and O–H groups in total. The predicted octanol–water partition coefficient (Wildman–Crippen LogP) is -1.41. The van der Waals surface area contributed by atoms with Crippen molar-refractivity contribution < 1.29 is 61.0 Å². The van der Waals surface area contributed by atoms with E-state index in [0.29, 0.717) is 39.5 Å². The van der Waals surface area contributed by atoms with Crippen LogP contribution in [0.2, 0.25) is 0 Å². The molecule has 3 heterocycles. The average molecular weight is 641 g/mol. The zero-order valence-electron chi connectivity index (χ0n) is 23.8. The summed E-state index contributed by atoms with van der Waals surface area (Å²) >= 11 is 0. The van der Waals surface area contributed by atoms with Gasteiger partial charge in [-0.25, -0.2) is 0 Å². The van der Waals surface area contributed by atoms with Gasteiger partial charge in [0.1, 0.15) is 0 Å². The van der Waals surface area contributed by atoms with E-state index in [1.165, 1.54) is 58.1 Å². The normalized spacial score (nSPS) is 9.56. The molecule has 3 aromatic rings. The van der Waals surface area contributed by atoms with Crippen LogP contribution in [0, 0.1) is 0 Å². The van der Waals surface area contributed by atoms with Crippen LogP contribution in [-0.2, 0) is 31.3 Å². The monoisotopic (exact) mass is 641 g/mol. The zero-order valence-corrected chi connectivity index (χ0v) is 24.9. The molecule has 15 nitrogen and oxygen atoms in total. The topological polar surface area (TPSA) is 223 Å². The minimum absolute atomic E-state index is 0. The van der Waals surface area contributed by atoms with Crippen LogP contribution < -0.4 is 31.3 Å². The third kappa shape index (κ3) is 15.5. The van der Waals surface area contributed by atoms with E-state index in [-0.39, 0.29) is 51.0 Å².